The second kappa shape index (κ2) is 16.2. The van der Waals surface area contributed by atoms with E-state index in [0.717, 1.165) is 24.5 Å². The molecule has 0 fully saturated rings. The van der Waals surface area contributed by atoms with E-state index in [1.165, 1.54) is 21.2 Å². The molecule has 0 spiro atoms. The molecule has 0 radical (unpaired) electrons. The number of nitrogens with zero attached hydrogens (tertiary/aromatic N) is 2. The van der Waals surface area contributed by atoms with Gasteiger partial charge in [-0.15, -0.1) is 0 Å². The Balaban J connectivity index is 0. The fraction of sp³-hybridized carbons (Fsp3) is 0.278. The van der Waals surface area contributed by atoms with Crippen LogP contribution >= 0.6 is 31.0 Å². The van der Waals surface area contributed by atoms with Crippen LogP contribution in [0.15, 0.2) is 52.3 Å². The maximum atomic E-state index is 9.14. The number of rotatable bonds is 5. The average Bonchev–Trinajstić information content (AvgIpc) is 2.61. The van der Waals surface area contributed by atoms with Crippen molar-refractivity contribution in [2.24, 2.45) is 0 Å². The Morgan fingerprint density at radius 1 is 1.06 bits per heavy atom. The van der Waals surface area contributed by atoms with Crippen LogP contribution in [0.2, 0.25) is 5.02 Å². The number of halogens is 1. The van der Waals surface area contributed by atoms with Crippen molar-refractivity contribution in [2.45, 2.75) is 16.2 Å². The predicted octanol–water partition coefficient (Wildman–Crippen LogP) is -6.85. The van der Waals surface area contributed by atoms with Crippen molar-refractivity contribution >= 4 is 48.0 Å². The first-order valence-corrected chi connectivity index (χ1v) is 11.1. The number of hydrogen-bond acceptors (Lipinski definition) is 8. The topological polar surface area (TPSA) is 110 Å². The smallest absolute Gasteiger partial charge is 0.807 e. The van der Waals surface area contributed by atoms with Gasteiger partial charge in [-0.05, 0) is 65.0 Å². The van der Waals surface area contributed by atoms with Crippen molar-refractivity contribution in [3.63, 3.8) is 0 Å². The van der Waals surface area contributed by atoms with Gasteiger partial charge < -0.3 is 34.1 Å². The van der Waals surface area contributed by atoms with Gasteiger partial charge in [0.1, 0.15) is 0 Å². The van der Waals surface area contributed by atoms with E-state index < -0.39 is 13.3 Å². The average molecular weight is 511 g/mol. The third kappa shape index (κ3) is 11.2. The van der Waals surface area contributed by atoms with E-state index in [4.69, 9.17) is 35.9 Å². The molecular formula is C18H19ClN2Na3O5PS. The summed E-state index contributed by atoms with van der Waals surface area (Å²) < 4.78 is 9.14. The van der Waals surface area contributed by atoms with Crippen molar-refractivity contribution in [1.29, 1.82) is 0 Å². The molecule has 3 rings (SSSR count). The Morgan fingerprint density at radius 3 is 2.16 bits per heavy atom. The number of anilines is 2. The van der Waals surface area contributed by atoms with Crippen LogP contribution in [-0.2, 0) is 4.57 Å². The molecule has 13 heteroatoms. The van der Waals surface area contributed by atoms with E-state index in [1.54, 1.807) is 0 Å². The number of benzene rings is 2. The van der Waals surface area contributed by atoms with Gasteiger partial charge in [0.2, 0.25) is 0 Å². The Hall–Kier alpha value is 1.46. The van der Waals surface area contributed by atoms with Gasteiger partial charge in [0.15, 0.2) is 0 Å². The zero-order valence-corrected chi connectivity index (χ0v) is 26.8. The monoisotopic (exact) mass is 510 g/mol. The second-order valence-electron chi connectivity index (χ2n) is 6.25. The SMILES string of the molecule is CN(C)CCCN1c2ccccc2Sc2ccc(Cl)cc21.O=C([O-])P(=O)([O-])[O-].[Na+].[Na+].[Na+]. The first-order chi connectivity index (χ1) is 13.1. The van der Waals surface area contributed by atoms with Crippen LogP contribution in [0.3, 0.4) is 0 Å². The zero-order chi connectivity index (χ0) is 20.9. The van der Waals surface area contributed by atoms with Gasteiger partial charge in [-0.1, -0.05) is 35.5 Å². The largest absolute Gasteiger partial charge is 1.00 e. The molecule has 0 unspecified atom stereocenters. The predicted molar refractivity (Wildman–Crippen MR) is 105 cm³/mol. The summed E-state index contributed by atoms with van der Waals surface area (Å²) in [6.07, 6.45) is 1.12. The van der Waals surface area contributed by atoms with Crippen molar-refractivity contribution in [3.8, 4) is 0 Å². The number of carboxylic acid groups (broad SMARTS) is 1. The molecule has 31 heavy (non-hydrogen) atoms. The Kier molecular flexibility index (Phi) is 18.1. The van der Waals surface area contributed by atoms with Crippen molar-refractivity contribution in [1.82, 2.24) is 4.90 Å². The van der Waals surface area contributed by atoms with Gasteiger partial charge in [0.05, 0.1) is 17.1 Å². The summed E-state index contributed by atoms with van der Waals surface area (Å²) in [6, 6.07) is 14.8. The van der Waals surface area contributed by atoms with Crippen molar-refractivity contribution in [2.75, 3.05) is 32.1 Å². The summed E-state index contributed by atoms with van der Waals surface area (Å²) in [5.41, 5.74) is -0.0477. The van der Waals surface area contributed by atoms with Crippen molar-refractivity contribution < 1.29 is 113 Å². The number of fused-ring (bicyclic) bond motifs is 2. The Morgan fingerprint density at radius 2 is 1.61 bits per heavy atom. The van der Waals surface area contributed by atoms with Crippen LogP contribution in [0.25, 0.3) is 0 Å². The summed E-state index contributed by atoms with van der Waals surface area (Å²) in [6.45, 7) is 2.09. The summed E-state index contributed by atoms with van der Waals surface area (Å²) >= 11 is 8.03. The molecule has 152 valence electrons. The minimum absolute atomic E-state index is 0. The van der Waals surface area contributed by atoms with Crippen LogP contribution < -0.4 is 108 Å². The molecule has 2 aromatic carbocycles. The van der Waals surface area contributed by atoms with E-state index >= 15 is 0 Å². The molecule has 1 aliphatic heterocycles. The van der Waals surface area contributed by atoms with Crippen LogP contribution in [-0.4, -0.2) is 37.8 Å². The van der Waals surface area contributed by atoms with E-state index in [2.05, 4.69) is 60.3 Å². The number of hydrogen-bond donors (Lipinski definition) is 0. The minimum Gasteiger partial charge on any atom is -0.807 e. The Labute approximate surface area is 258 Å². The molecule has 0 amide bonds. The fourth-order valence-corrected chi connectivity index (χ4v) is 3.83. The molecule has 1 heterocycles. The Bertz CT molecular complexity index is 904. The van der Waals surface area contributed by atoms with Crippen LogP contribution in [0, 0.1) is 0 Å². The molecule has 1 aliphatic rings. The maximum absolute atomic E-state index is 9.14. The van der Waals surface area contributed by atoms with Crippen LogP contribution in [0.4, 0.5) is 16.2 Å². The number of carbonyl (C=O) groups is 1. The summed E-state index contributed by atoms with van der Waals surface area (Å²) in [5.74, 6) is 0. The fourth-order valence-electron chi connectivity index (χ4n) is 2.59. The third-order valence-electron chi connectivity index (χ3n) is 3.80. The van der Waals surface area contributed by atoms with E-state index in [-0.39, 0.29) is 88.7 Å². The first-order valence-electron chi connectivity index (χ1n) is 8.32. The number of carbonyl (C=O) groups excluding carboxylic acids is 1. The summed E-state index contributed by atoms with van der Waals surface area (Å²) in [4.78, 5) is 34.5. The van der Waals surface area contributed by atoms with Crippen LogP contribution in [0.1, 0.15) is 6.42 Å². The van der Waals surface area contributed by atoms with Gasteiger partial charge in [-0.3, -0.25) is 0 Å². The molecule has 0 atom stereocenters. The van der Waals surface area contributed by atoms with Gasteiger partial charge in [-0.2, -0.15) is 0 Å². The van der Waals surface area contributed by atoms with E-state index in [9.17, 15) is 0 Å². The molecular weight excluding hydrogens is 492 g/mol. The van der Waals surface area contributed by atoms with E-state index in [0.29, 0.717) is 0 Å². The first kappa shape index (κ1) is 34.6. The molecule has 0 bridgehead atoms. The minimum atomic E-state index is -5.43. The van der Waals surface area contributed by atoms with Gasteiger partial charge in [-0.25, -0.2) is 0 Å². The molecule has 0 aliphatic carbocycles. The second-order valence-corrected chi connectivity index (χ2v) is 9.13. The third-order valence-corrected chi connectivity index (χ3v) is 5.61. The molecule has 0 saturated heterocycles. The quantitative estimate of drug-likeness (QED) is 0.288. The van der Waals surface area contributed by atoms with Gasteiger partial charge in [0, 0.05) is 21.4 Å². The summed E-state index contributed by atoms with van der Waals surface area (Å²) in [7, 11) is -1.20. The summed E-state index contributed by atoms with van der Waals surface area (Å²) in [5, 5.41) is 9.82. The van der Waals surface area contributed by atoms with Gasteiger partial charge >= 0.3 is 88.7 Å². The van der Waals surface area contributed by atoms with Crippen LogP contribution in [0.5, 0.6) is 0 Å². The molecule has 7 nitrogen and oxygen atoms in total. The van der Waals surface area contributed by atoms with Crippen molar-refractivity contribution in [3.05, 3.63) is 47.5 Å². The molecule has 0 aromatic heterocycles. The molecule has 0 N–H and O–H groups in total. The standard InChI is InChI=1S/C17H19ClN2S.CH3O5P.3Na/c1-19(2)10-5-11-20-14-6-3-4-7-16(14)21-17-9-8-13(18)12-15(17)20;2-1(3)7(4,5)6;;;/h3-4,6-9,12H,5,10-11H2,1-2H3;(H,2,3)(H2,4,5,6);;;/q;;3*+1/p-3. The normalized spacial score (nSPS) is 11.5. The van der Waals surface area contributed by atoms with E-state index in [1.807, 2.05) is 17.8 Å². The molecule has 0 saturated carbocycles. The maximum Gasteiger partial charge on any atom is 1.00 e. The number of para-hydroxylation sites is 1. The molecule has 2 aromatic rings. The van der Waals surface area contributed by atoms with Gasteiger partial charge in [0.25, 0.3) is 0 Å². The zero-order valence-electron chi connectivity index (χ0n) is 18.3.